The van der Waals surface area contributed by atoms with E-state index in [9.17, 15) is 5.11 Å². The zero-order valence-electron chi connectivity index (χ0n) is 16.5. The number of aliphatic hydroxyl groups is 1. The Kier molecular flexibility index (Phi) is 9.81. The summed E-state index contributed by atoms with van der Waals surface area (Å²) in [6.45, 7) is 5.91. The van der Waals surface area contributed by atoms with Gasteiger partial charge in [-0.1, -0.05) is 17.7 Å². The lowest BCUT2D eigenvalue weighted by Crippen LogP contribution is -3.00. The molecule has 6 nitrogen and oxygen atoms in total. The summed E-state index contributed by atoms with van der Waals surface area (Å²) in [6, 6.07) is 13.3. The minimum absolute atomic E-state index is 0. The van der Waals surface area contributed by atoms with Crippen molar-refractivity contribution in [3.05, 3.63) is 53.1 Å². The van der Waals surface area contributed by atoms with Gasteiger partial charge in [-0.3, -0.25) is 9.80 Å². The van der Waals surface area contributed by atoms with E-state index >= 15 is 0 Å². The molecule has 0 amide bonds. The number of benzene rings is 2. The van der Waals surface area contributed by atoms with Crippen LogP contribution in [0.2, 0.25) is 5.02 Å². The normalized spacial score (nSPS) is 17.0. The third kappa shape index (κ3) is 6.80. The van der Waals surface area contributed by atoms with E-state index in [0.717, 1.165) is 50.0 Å². The lowest BCUT2D eigenvalue weighted by Gasteiger charge is -2.35. The minimum atomic E-state index is -0.518. The molecule has 2 heterocycles. The number of nitrogens with zero attached hydrogens (tertiary/aromatic N) is 2. The number of halogens is 3. The summed E-state index contributed by atoms with van der Waals surface area (Å²) >= 11 is 5.86. The Hall–Kier alpha value is -1.41. The van der Waals surface area contributed by atoms with Gasteiger partial charge >= 0.3 is 0 Å². The first kappa shape index (κ1) is 24.9. The molecule has 1 N–H and O–H groups in total. The average molecular weight is 476 g/mol. The first-order chi connectivity index (χ1) is 13.7. The van der Waals surface area contributed by atoms with Crippen LogP contribution in [0.3, 0.4) is 0 Å². The standard InChI is InChI=1S/C21H25ClN2O4.2ClH/c22-17-2-4-19(5-3-17)26-14-18(25)13-24-9-7-23(8-10-24)12-16-1-6-20-21(11-16)28-15-27-20;;/h1-6,11,18,25H,7-10,12-15H2;2*1H/p-2. The van der Waals surface area contributed by atoms with E-state index < -0.39 is 6.10 Å². The third-order valence-electron chi connectivity index (χ3n) is 5.03. The molecule has 4 rings (SSSR count). The molecule has 2 aromatic carbocycles. The summed E-state index contributed by atoms with van der Waals surface area (Å²) in [5.41, 5.74) is 1.23. The Labute approximate surface area is 194 Å². The van der Waals surface area contributed by atoms with Gasteiger partial charge in [0.15, 0.2) is 11.5 Å². The van der Waals surface area contributed by atoms with Crippen LogP contribution in [0.25, 0.3) is 0 Å². The SMILES string of the molecule is OC(COc1ccc(Cl)cc1)CN1CCN(Cc2ccc3c(c2)OCO3)CC1.[Cl-].[Cl-]. The molecule has 1 fully saturated rings. The van der Waals surface area contributed by atoms with Crippen molar-refractivity contribution in [2.45, 2.75) is 12.6 Å². The summed E-state index contributed by atoms with van der Waals surface area (Å²) in [6.07, 6.45) is -0.518. The molecule has 0 aromatic heterocycles. The minimum Gasteiger partial charge on any atom is -1.00 e. The predicted octanol–water partition coefficient (Wildman–Crippen LogP) is -3.37. The zero-order valence-corrected chi connectivity index (χ0v) is 18.7. The monoisotopic (exact) mass is 474 g/mol. The van der Waals surface area contributed by atoms with E-state index in [2.05, 4.69) is 21.9 Å². The van der Waals surface area contributed by atoms with Crippen molar-refractivity contribution in [2.75, 3.05) is 46.1 Å². The van der Waals surface area contributed by atoms with Gasteiger partial charge in [0.1, 0.15) is 18.5 Å². The molecule has 0 spiro atoms. The number of hydrogen-bond donors (Lipinski definition) is 1. The molecule has 1 unspecified atom stereocenters. The Morgan fingerprint density at radius 2 is 1.60 bits per heavy atom. The second kappa shape index (κ2) is 11.8. The fourth-order valence-electron chi connectivity index (χ4n) is 3.50. The second-order valence-electron chi connectivity index (χ2n) is 7.18. The second-order valence-corrected chi connectivity index (χ2v) is 7.62. The Balaban J connectivity index is 0.00000160. The van der Waals surface area contributed by atoms with Crippen LogP contribution < -0.4 is 39.0 Å². The van der Waals surface area contributed by atoms with Crippen LogP contribution in [-0.4, -0.2) is 67.1 Å². The Bertz CT molecular complexity index is 786. The number of rotatable bonds is 7. The summed E-state index contributed by atoms with van der Waals surface area (Å²) < 4.78 is 16.5. The smallest absolute Gasteiger partial charge is 0.231 e. The first-order valence-electron chi connectivity index (χ1n) is 9.55. The molecule has 1 saturated heterocycles. The number of aliphatic hydroxyl groups excluding tert-OH is 1. The van der Waals surface area contributed by atoms with Gasteiger partial charge < -0.3 is 44.1 Å². The maximum absolute atomic E-state index is 10.3. The van der Waals surface area contributed by atoms with Gasteiger partial charge in [-0.2, -0.15) is 0 Å². The van der Waals surface area contributed by atoms with Crippen molar-refractivity contribution >= 4 is 11.6 Å². The molecule has 0 bridgehead atoms. The van der Waals surface area contributed by atoms with Crippen LogP contribution in [0, 0.1) is 0 Å². The van der Waals surface area contributed by atoms with Crippen molar-refractivity contribution in [1.29, 1.82) is 0 Å². The van der Waals surface area contributed by atoms with E-state index in [1.807, 2.05) is 18.2 Å². The maximum atomic E-state index is 10.3. The van der Waals surface area contributed by atoms with Crippen LogP contribution in [0.4, 0.5) is 0 Å². The van der Waals surface area contributed by atoms with Crippen molar-refractivity contribution in [1.82, 2.24) is 9.80 Å². The van der Waals surface area contributed by atoms with Gasteiger partial charge in [0.25, 0.3) is 0 Å². The highest BCUT2D eigenvalue weighted by Gasteiger charge is 2.20. The molecule has 9 heteroatoms. The summed E-state index contributed by atoms with van der Waals surface area (Å²) in [5.74, 6) is 2.38. The average Bonchev–Trinajstić information content (AvgIpc) is 3.17. The predicted molar refractivity (Wildman–Crippen MR) is 107 cm³/mol. The van der Waals surface area contributed by atoms with Gasteiger partial charge in [0.05, 0.1) is 0 Å². The van der Waals surface area contributed by atoms with Gasteiger partial charge in [0.2, 0.25) is 6.79 Å². The Morgan fingerprint density at radius 3 is 2.33 bits per heavy atom. The summed E-state index contributed by atoms with van der Waals surface area (Å²) in [4.78, 5) is 4.71. The van der Waals surface area contributed by atoms with Gasteiger partial charge in [-0.25, -0.2) is 0 Å². The Morgan fingerprint density at radius 1 is 0.933 bits per heavy atom. The van der Waals surface area contributed by atoms with Crippen molar-refractivity contribution in [2.24, 2.45) is 0 Å². The molecule has 1 atom stereocenters. The molecule has 2 aliphatic heterocycles. The van der Waals surface area contributed by atoms with Crippen molar-refractivity contribution in [3.8, 4) is 17.2 Å². The molecule has 2 aliphatic rings. The van der Waals surface area contributed by atoms with E-state index in [1.165, 1.54) is 5.56 Å². The first-order valence-corrected chi connectivity index (χ1v) is 9.93. The van der Waals surface area contributed by atoms with Crippen molar-refractivity contribution in [3.63, 3.8) is 0 Å². The van der Waals surface area contributed by atoms with Crippen LogP contribution in [0.15, 0.2) is 42.5 Å². The molecular formula is C21H25Cl3N2O4-2. The molecule has 30 heavy (non-hydrogen) atoms. The number of piperazine rings is 1. The number of β-amino-alcohol motifs (C(OH)–C–C–N with tert-alkyl or cyclic N) is 1. The lowest BCUT2D eigenvalue weighted by molar-refractivity contribution is -0.00100. The highest BCUT2D eigenvalue weighted by Crippen LogP contribution is 2.32. The van der Waals surface area contributed by atoms with Gasteiger partial charge in [-0.15, -0.1) is 0 Å². The molecule has 0 aliphatic carbocycles. The largest absolute Gasteiger partial charge is 1.00 e. The third-order valence-corrected chi connectivity index (χ3v) is 5.29. The van der Waals surface area contributed by atoms with Crippen molar-refractivity contribution < 1.29 is 44.1 Å². The molecule has 0 radical (unpaired) electrons. The zero-order chi connectivity index (χ0) is 19.3. The lowest BCUT2D eigenvalue weighted by atomic mass is 10.1. The molecule has 2 aromatic rings. The van der Waals surface area contributed by atoms with E-state index in [1.54, 1.807) is 12.1 Å². The molecular weight excluding hydrogens is 451 g/mol. The van der Waals surface area contributed by atoms with Crippen LogP contribution in [0.1, 0.15) is 5.56 Å². The van der Waals surface area contributed by atoms with Crippen LogP contribution in [0.5, 0.6) is 17.2 Å². The summed E-state index contributed by atoms with van der Waals surface area (Å²) in [5, 5.41) is 10.9. The van der Waals surface area contributed by atoms with Gasteiger partial charge in [-0.05, 0) is 42.0 Å². The van der Waals surface area contributed by atoms with Crippen LogP contribution in [-0.2, 0) is 6.54 Å². The fourth-order valence-corrected chi connectivity index (χ4v) is 3.63. The van der Waals surface area contributed by atoms with Gasteiger partial charge in [0, 0.05) is 44.3 Å². The quantitative estimate of drug-likeness (QED) is 0.451. The number of hydrogen-bond acceptors (Lipinski definition) is 6. The fraction of sp³-hybridized carbons (Fsp3) is 0.429. The number of fused-ring (bicyclic) bond motifs is 1. The van der Waals surface area contributed by atoms with E-state index in [4.69, 9.17) is 25.8 Å². The highest BCUT2D eigenvalue weighted by molar-refractivity contribution is 6.30. The highest BCUT2D eigenvalue weighted by atomic mass is 35.5. The maximum Gasteiger partial charge on any atom is 0.231 e. The van der Waals surface area contributed by atoms with E-state index in [-0.39, 0.29) is 31.4 Å². The molecule has 166 valence electrons. The molecule has 0 saturated carbocycles. The van der Waals surface area contributed by atoms with Crippen LogP contribution >= 0.6 is 11.6 Å². The van der Waals surface area contributed by atoms with E-state index in [0.29, 0.717) is 18.4 Å². The number of ether oxygens (including phenoxy) is 3. The topological polar surface area (TPSA) is 54.4 Å². The summed E-state index contributed by atoms with van der Waals surface area (Å²) in [7, 11) is 0.